The number of anilines is 1. The van der Waals surface area contributed by atoms with Crippen molar-refractivity contribution in [3.05, 3.63) is 35.7 Å². The number of halogens is 5. The van der Waals surface area contributed by atoms with Gasteiger partial charge in [0.2, 0.25) is 5.91 Å². The zero-order valence-corrected chi connectivity index (χ0v) is 14.4. The standard InChI is InChI=1S/C15H11F5N4O2S/c1-7-4-11(15(18,19)20)23-24(7)6-12(25)22-14-21-9-3-2-8(26-13(16)17)5-10(9)27-14/h2-5,13H,6H2,1H3,(H,21,22,25). The largest absolute Gasteiger partial charge is 0.435 e. The summed E-state index contributed by atoms with van der Waals surface area (Å²) < 4.78 is 68.2. The van der Waals surface area contributed by atoms with Crippen LogP contribution in [0, 0.1) is 6.92 Å². The van der Waals surface area contributed by atoms with Crippen LogP contribution in [0.3, 0.4) is 0 Å². The van der Waals surface area contributed by atoms with Gasteiger partial charge in [-0.15, -0.1) is 0 Å². The predicted molar refractivity (Wildman–Crippen MR) is 86.8 cm³/mol. The molecule has 0 aliphatic rings. The second-order valence-corrected chi connectivity index (χ2v) is 6.43. The highest BCUT2D eigenvalue weighted by Crippen LogP contribution is 2.30. The van der Waals surface area contributed by atoms with Crippen molar-refractivity contribution in [1.82, 2.24) is 14.8 Å². The van der Waals surface area contributed by atoms with Gasteiger partial charge in [0.15, 0.2) is 10.8 Å². The van der Waals surface area contributed by atoms with Gasteiger partial charge in [0.1, 0.15) is 12.3 Å². The molecule has 0 radical (unpaired) electrons. The summed E-state index contributed by atoms with van der Waals surface area (Å²) in [4.78, 5) is 16.2. The fraction of sp³-hybridized carbons (Fsp3) is 0.267. The molecule has 0 atom stereocenters. The molecule has 1 N–H and O–H groups in total. The fourth-order valence-corrected chi connectivity index (χ4v) is 3.15. The Bertz CT molecular complexity index is 982. The van der Waals surface area contributed by atoms with E-state index < -0.39 is 30.9 Å². The second kappa shape index (κ2) is 7.10. The molecule has 0 bridgehead atoms. The minimum absolute atomic E-state index is 0.0501. The van der Waals surface area contributed by atoms with Gasteiger partial charge in [-0.2, -0.15) is 27.1 Å². The Morgan fingerprint density at radius 1 is 1.33 bits per heavy atom. The number of benzene rings is 1. The van der Waals surface area contributed by atoms with Crippen LogP contribution in [0.25, 0.3) is 10.2 Å². The molecule has 2 heterocycles. The average molecular weight is 406 g/mol. The minimum Gasteiger partial charge on any atom is -0.435 e. The van der Waals surface area contributed by atoms with Crippen molar-refractivity contribution >= 4 is 32.6 Å². The summed E-state index contributed by atoms with van der Waals surface area (Å²) in [5.41, 5.74) is -0.457. The monoisotopic (exact) mass is 406 g/mol. The van der Waals surface area contributed by atoms with Gasteiger partial charge >= 0.3 is 12.8 Å². The summed E-state index contributed by atoms with van der Waals surface area (Å²) in [5, 5.41) is 5.99. The van der Waals surface area contributed by atoms with E-state index in [1.807, 2.05) is 0 Å². The molecule has 1 amide bonds. The zero-order chi connectivity index (χ0) is 19.8. The van der Waals surface area contributed by atoms with Gasteiger partial charge < -0.3 is 10.1 Å². The lowest BCUT2D eigenvalue weighted by Gasteiger charge is -2.04. The molecule has 2 aromatic heterocycles. The number of aryl methyl sites for hydroxylation is 1. The van der Waals surface area contributed by atoms with Crippen molar-refractivity contribution in [3.8, 4) is 5.75 Å². The molecule has 0 aliphatic heterocycles. The number of amides is 1. The quantitative estimate of drug-likeness (QED) is 0.649. The lowest BCUT2D eigenvalue weighted by Crippen LogP contribution is -2.20. The number of nitrogens with one attached hydrogen (secondary N) is 1. The molecule has 3 rings (SSSR count). The first-order chi connectivity index (χ1) is 12.6. The van der Waals surface area contributed by atoms with Gasteiger partial charge in [-0.3, -0.25) is 9.48 Å². The number of hydrogen-bond donors (Lipinski definition) is 1. The van der Waals surface area contributed by atoms with Crippen molar-refractivity contribution < 1.29 is 31.5 Å². The predicted octanol–water partition coefficient (Wildman–Crippen LogP) is 4.06. The SMILES string of the molecule is Cc1cc(C(F)(F)F)nn1CC(=O)Nc1nc2ccc(OC(F)F)cc2s1. The maximum atomic E-state index is 12.7. The van der Waals surface area contributed by atoms with Crippen molar-refractivity contribution in [2.75, 3.05) is 5.32 Å². The minimum atomic E-state index is -4.60. The molecule has 144 valence electrons. The van der Waals surface area contributed by atoms with E-state index in [0.717, 1.165) is 22.1 Å². The molecule has 27 heavy (non-hydrogen) atoms. The van der Waals surface area contributed by atoms with Gasteiger partial charge in [-0.05, 0) is 31.2 Å². The Labute approximate surface area is 152 Å². The van der Waals surface area contributed by atoms with Crippen molar-refractivity contribution in [2.45, 2.75) is 26.3 Å². The van der Waals surface area contributed by atoms with Crippen LogP contribution in [0.5, 0.6) is 5.75 Å². The first kappa shape index (κ1) is 19.0. The van der Waals surface area contributed by atoms with E-state index in [1.165, 1.54) is 25.1 Å². The summed E-state index contributed by atoms with van der Waals surface area (Å²) in [6.07, 6.45) is -4.60. The molecule has 12 heteroatoms. The van der Waals surface area contributed by atoms with E-state index in [-0.39, 0.29) is 16.6 Å². The summed E-state index contributed by atoms with van der Waals surface area (Å²) in [7, 11) is 0. The first-order valence-electron chi connectivity index (χ1n) is 7.39. The van der Waals surface area contributed by atoms with Gasteiger partial charge in [-0.1, -0.05) is 11.3 Å². The molecular formula is C15H11F5N4O2S. The molecule has 0 spiro atoms. The molecular weight excluding hydrogens is 395 g/mol. The van der Waals surface area contributed by atoms with E-state index in [9.17, 15) is 26.7 Å². The Hall–Kier alpha value is -2.76. The van der Waals surface area contributed by atoms with Gasteiger partial charge in [0.05, 0.1) is 10.2 Å². The number of hydrogen-bond acceptors (Lipinski definition) is 5. The van der Waals surface area contributed by atoms with E-state index in [2.05, 4.69) is 20.1 Å². The van der Waals surface area contributed by atoms with Crippen LogP contribution >= 0.6 is 11.3 Å². The van der Waals surface area contributed by atoms with Crippen LogP contribution in [0.2, 0.25) is 0 Å². The van der Waals surface area contributed by atoms with Crippen LogP contribution in [0.15, 0.2) is 24.3 Å². The summed E-state index contributed by atoms with van der Waals surface area (Å²) >= 11 is 1.01. The number of fused-ring (bicyclic) bond motifs is 1. The third-order valence-corrected chi connectivity index (χ3v) is 4.33. The number of carbonyl (C=O) groups is 1. The maximum absolute atomic E-state index is 12.7. The highest BCUT2D eigenvalue weighted by atomic mass is 32.1. The normalized spacial score (nSPS) is 12.0. The third-order valence-electron chi connectivity index (χ3n) is 3.40. The highest BCUT2D eigenvalue weighted by molar-refractivity contribution is 7.22. The van der Waals surface area contributed by atoms with Crippen molar-refractivity contribution in [2.24, 2.45) is 0 Å². The summed E-state index contributed by atoms with van der Waals surface area (Å²) in [6, 6.07) is 4.95. The third kappa shape index (κ3) is 4.51. The zero-order valence-electron chi connectivity index (χ0n) is 13.6. The summed E-state index contributed by atoms with van der Waals surface area (Å²) in [5.74, 6) is -0.677. The number of carbonyl (C=O) groups excluding carboxylic acids is 1. The van der Waals surface area contributed by atoms with E-state index in [4.69, 9.17) is 0 Å². The molecule has 0 saturated carbocycles. The van der Waals surface area contributed by atoms with Crippen LogP contribution in [0.4, 0.5) is 27.1 Å². The van der Waals surface area contributed by atoms with Crippen LogP contribution < -0.4 is 10.1 Å². The van der Waals surface area contributed by atoms with Crippen LogP contribution in [-0.4, -0.2) is 27.3 Å². The fourth-order valence-electron chi connectivity index (χ4n) is 2.24. The molecule has 0 saturated heterocycles. The van der Waals surface area contributed by atoms with Crippen LogP contribution in [0.1, 0.15) is 11.4 Å². The van der Waals surface area contributed by atoms with Gasteiger partial charge in [0, 0.05) is 5.69 Å². The number of nitrogens with zero attached hydrogens (tertiary/aromatic N) is 3. The Morgan fingerprint density at radius 3 is 2.70 bits per heavy atom. The Kier molecular flexibility index (Phi) is 5.00. The number of rotatable bonds is 5. The lowest BCUT2D eigenvalue weighted by atomic mass is 10.3. The smallest absolute Gasteiger partial charge is 0.435 e. The molecule has 0 aliphatic carbocycles. The number of ether oxygens (including phenoxy) is 1. The topological polar surface area (TPSA) is 69.0 Å². The lowest BCUT2D eigenvalue weighted by molar-refractivity contribution is -0.141. The highest BCUT2D eigenvalue weighted by Gasteiger charge is 2.34. The number of alkyl halides is 5. The molecule has 3 aromatic rings. The van der Waals surface area contributed by atoms with E-state index >= 15 is 0 Å². The summed E-state index contributed by atoms with van der Waals surface area (Å²) in [6.45, 7) is -2.00. The molecule has 6 nitrogen and oxygen atoms in total. The second-order valence-electron chi connectivity index (χ2n) is 5.40. The number of aromatic nitrogens is 3. The Morgan fingerprint density at radius 2 is 2.07 bits per heavy atom. The van der Waals surface area contributed by atoms with Crippen LogP contribution in [-0.2, 0) is 17.5 Å². The van der Waals surface area contributed by atoms with Gasteiger partial charge in [-0.25, -0.2) is 4.98 Å². The van der Waals surface area contributed by atoms with Crippen molar-refractivity contribution in [1.29, 1.82) is 0 Å². The van der Waals surface area contributed by atoms with E-state index in [1.54, 1.807) is 0 Å². The molecule has 0 unspecified atom stereocenters. The van der Waals surface area contributed by atoms with E-state index in [0.29, 0.717) is 10.2 Å². The number of thiazole rings is 1. The average Bonchev–Trinajstić information content (AvgIpc) is 3.09. The van der Waals surface area contributed by atoms with Crippen molar-refractivity contribution in [3.63, 3.8) is 0 Å². The molecule has 1 aromatic carbocycles. The first-order valence-corrected chi connectivity index (χ1v) is 8.20. The van der Waals surface area contributed by atoms with Gasteiger partial charge in [0.25, 0.3) is 0 Å². The maximum Gasteiger partial charge on any atom is 0.435 e. The Balaban J connectivity index is 1.71. The molecule has 0 fully saturated rings.